The normalized spacial score (nSPS) is 15.4. The van der Waals surface area contributed by atoms with Crippen LogP contribution in [-0.4, -0.2) is 42.5 Å². The van der Waals surface area contributed by atoms with Crippen molar-refractivity contribution in [1.29, 1.82) is 0 Å². The third-order valence-corrected chi connectivity index (χ3v) is 9.30. The van der Waals surface area contributed by atoms with Gasteiger partial charge in [-0.15, -0.1) is 0 Å². The van der Waals surface area contributed by atoms with Crippen molar-refractivity contribution in [3.05, 3.63) is 58.7 Å². The molecule has 1 aromatic heterocycles. The second-order valence-electron chi connectivity index (χ2n) is 10.1. The summed E-state index contributed by atoms with van der Waals surface area (Å²) in [6, 6.07) is 9.80. The zero-order valence-electron chi connectivity index (χ0n) is 22.9. The predicted molar refractivity (Wildman–Crippen MR) is 157 cm³/mol. The molecule has 0 spiro atoms. The van der Waals surface area contributed by atoms with E-state index in [1.807, 2.05) is 26.0 Å². The Labute approximate surface area is 238 Å². The van der Waals surface area contributed by atoms with Crippen molar-refractivity contribution in [2.24, 2.45) is 10.8 Å². The molecular formula is C27H32ClN7O4S. The van der Waals surface area contributed by atoms with Crippen LogP contribution in [0.3, 0.4) is 0 Å². The van der Waals surface area contributed by atoms with Gasteiger partial charge in [-0.2, -0.15) is 10.1 Å². The Kier molecular flexibility index (Phi) is 8.22. The van der Waals surface area contributed by atoms with E-state index in [-0.39, 0.29) is 21.7 Å². The summed E-state index contributed by atoms with van der Waals surface area (Å²) in [5, 5.41) is 10.1. The third-order valence-electron chi connectivity index (χ3n) is 6.81. The van der Waals surface area contributed by atoms with Crippen LogP contribution in [0.15, 0.2) is 52.6 Å². The van der Waals surface area contributed by atoms with Crippen LogP contribution in [0.25, 0.3) is 0 Å². The van der Waals surface area contributed by atoms with Gasteiger partial charge in [0.2, 0.25) is 5.95 Å². The lowest BCUT2D eigenvalue weighted by Crippen LogP contribution is -2.37. The van der Waals surface area contributed by atoms with Crippen molar-refractivity contribution in [3.8, 4) is 5.75 Å². The molecule has 0 bridgehead atoms. The SMILES string of the molecule is COc1cc2c(cc1Nc1ncc(Cl)c(Nc3ccccc3S(=O)(=O)C(C)C)n1)CC/C(=N\NC(N)=O)C2(C)C. The third kappa shape index (κ3) is 5.82. The minimum atomic E-state index is -3.55. The lowest BCUT2D eigenvalue weighted by Gasteiger charge is -2.34. The standard InChI is InChI=1S/C27H32ClN7O4S/c1-15(2)40(37,38)22-9-7-6-8-19(22)31-24-18(28)14-30-26(33-24)32-20-12-16-10-11-23(34-35-25(29)36)27(3,4)17(16)13-21(20)39-5/h6-9,12-15H,10-11H2,1-5H3,(H3,29,35,36)(H2,30,31,32,33)/b34-23+. The van der Waals surface area contributed by atoms with Gasteiger partial charge in [-0.05, 0) is 62.1 Å². The second kappa shape index (κ2) is 11.3. The maximum absolute atomic E-state index is 12.9. The zero-order chi connectivity index (χ0) is 29.2. The van der Waals surface area contributed by atoms with Gasteiger partial charge in [-0.25, -0.2) is 23.6 Å². The quantitative estimate of drug-likeness (QED) is 0.267. The molecule has 0 saturated carbocycles. The Bertz CT molecular complexity index is 1590. The Morgan fingerprint density at radius 2 is 1.88 bits per heavy atom. The van der Waals surface area contributed by atoms with E-state index in [1.165, 1.54) is 6.20 Å². The summed E-state index contributed by atoms with van der Waals surface area (Å²) >= 11 is 6.39. The van der Waals surface area contributed by atoms with E-state index in [9.17, 15) is 13.2 Å². The number of fused-ring (bicyclic) bond motifs is 1. The number of nitrogens with two attached hydrogens (primary N) is 1. The summed E-state index contributed by atoms with van der Waals surface area (Å²) < 4.78 is 31.5. The molecule has 2 amide bonds. The number of anilines is 4. The number of nitrogens with zero attached hydrogens (tertiary/aromatic N) is 3. The number of rotatable bonds is 8. The monoisotopic (exact) mass is 585 g/mol. The molecule has 0 fully saturated rings. The molecule has 1 aliphatic carbocycles. The van der Waals surface area contributed by atoms with E-state index in [0.717, 1.165) is 16.8 Å². The predicted octanol–water partition coefficient (Wildman–Crippen LogP) is 5.06. The highest BCUT2D eigenvalue weighted by atomic mass is 35.5. The van der Waals surface area contributed by atoms with Gasteiger partial charge in [-0.3, -0.25) is 0 Å². The molecule has 0 radical (unpaired) electrons. The number of hydrogen-bond donors (Lipinski definition) is 4. The maximum Gasteiger partial charge on any atom is 0.332 e. The number of carbonyl (C=O) groups excluding carboxylic acids is 1. The van der Waals surface area contributed by atoms with Crippen molar-refractivity contribution in [1.82, 2.24) is 15.4 Å². The number of nitrogens with one attached hydrogen (secondary N) is 3. The number of carbonyl (C=O) groups is 1. The van der Waals surface area contributed by atoms with Crippen LogP contribution in [-0.2, 0) is 21.7 Å². The van der Waals surface area contributed by atoms with E-state index < -0.39 is 26.5 Å². The first-order valence-electron chi connectivity index (χ1n) is 12.6. The minimum Gasteiger partial charge on any atom is -0.495 e. The van der Waals surface area contributed by atoms with Crippen LogP contribution in [0, 0.1) is 0 Å². The zero-order valence-corrected chi connectivity index (χ0v) is 24.4. The Morgan fingerprint density at radius 3 is 2.55 bits per heavy atom. The number of ether oxygens (including phenoxy) is 1. The van der Waals surface area contributed by atoms with E-state index in [0.29, 0.717) is 30.0 Å². The van der Waals surface area contributed by atoms with Crippen molar-refractivity contribution in [3.63, 3.8) is 0 Å². The van der Waals surface area contributed by atoms with Gasteiger partial charge >= 0.3 is 6.03 Å². The van der Waals surface area contributed by atoms with Gasteiger partial charge in [0.1, 0.15) is 10.8 Å². The highest BCUT2D eigenvalue weighted by Crippen LogP contribution is 2.41. The topological polar surface area (TPSA) is 161 Å². The van der Waals surface area contributed by atoms with Crippen LogP contribution in [0.4, 0.5) is 27.9 Å². The molecule has 1 aliphatic rings. The number of methoxy groups -OCH3 is 1. The van der Waals surface area contributed by atoms with E-state index in [2.05, 4.69) is 31.1 Å². The number of hydrogen-bond acceptors (Lipinski definition) is 9. The number of aryl methyl sites for hydroxylation is 1. The van der Waals surface area contributed by atoms with E-state index in [1.54, 1.807) is 45.2 Å². The Morgan fingerprint density at radius 1 is 1.15 bits per heavy atom. The molecule has 1 heterocycles. The smallest absolute Gasteiger partial charge is 0.332 e. The van der Waals surface area contributed by atoms with Crippen molar-refractivity contribution < 1.29 is 17.9 Å². The number of benzene rings is 2. The van der Waals surface area contributed by atoms with Gasteiger partial charge in [0, 0.05) is 11.1 Å². The van der Waals surface area contributed by atoms with Crippen LogP contribution in [0.1, 0.15) is 45.2 Å². The average molecular weight is 586 g/mol. The highest BCUT2D eigenvalue weighted by molar-refractivity contribution is 7.92. The van der Waals surface area contributed by atoms with Gasteiger partial charge in [0.25, 0.3) is 0 Å². The number of para-hydroxylation sites is 1. The molecule has 4 rings (SSSR count). The van der Waals surface area contributed by atoms with Gasteiger partial charge in [0.05, 0.1) is 34.8 Å². The minimum absolute atomic E-state index is 0.155. The second-order valence-corrected chi connectivity index (χ2v) is 13.0. The molecule has 11 nitrogen and oxygen atoms in total. The molecule has 13 heteroatoms. The maximum atomic E-state index is 12.9. The first-order valence-corrected chi connectivity index (χ1v) is 14.5. The fourth-order valence-corrected chi connectivity index (χ4v) is 5.89. The molecule has 0 aliphatic heterocycles. The molecule has 0 saturated heterocycles. The van der Waals surface area contributed by atoms with Crippen molar-refractivity contribution >= 4 is 56.3 Å². The van der Waals surface area contributed by atoms with Crippen LogP contribution < -0.4 is 26.5 Å². The summed E-state index contributed by atoms with van der Waals surface area (Å²) in [5.74, 6) is 1.03. The summed E-state index contributed by atoms with van der Waals surface area (Å²) in [7, 11) is -1.99. The summed E-state index contributed by atoms with van der Waals surface area (Å²) in [4.78, 5) is 20.1. The highest BCUT2D eigenvalue weighted by Gasteiger charge is 2.35. The lowest BCUT2D eigenvalue weighted by molar-refractivity contribution is 0.249. The lowest BCUT2D eigenvalue weighted by atomic mass is 9.71. The Balaban J connectivity index is 1.66. The number of urea groups is 1. The molecular weight excluding hydrogens is 554 g/mol. The van der Waals surface area contributed by atoms with Crippen molar-refractivity contribution in [2.45, 2.75) is 56.1 Å². The fraction of sp³-hybridized carbons (Fsp3) is 0.333. The molecule has 3 aromatic rings. The molecule has 2 aromatic carbocycles. The van der Waals surface area contributed by atoms with Gasteiger partial charge in [-0.1, -0.05) is 37.6 Å². The summed E-state index contributed by atoms with van der Waals surface area (Å²) in [6.07, 6.45) is 2.75. The Hall–Kier alpha value is -3.90. The number of primary amides is 1. The summed E-state index contributed by atoms with van der Waals surface area (Å²) in [5.41, 5.74) is 10.9. The molecule has 0 atom stereocenters. The van der Waals surface area contributed by atoms with Gasteiger partial charge in [0.15, 0.2) is 15.7 Å². The number of sulfone groups is 1. The van der Waals surface area contributed by atoms with Crippen molar-refractivity contribution in [2.75, 3.05) is 17.7 Å². The number of amides is 2. The molecule has 0 unspecified atom stereocenters. The average Bonchev–Trinajstić information content (AvgIpc) is 2.89. The number of hydrazone groups is 1. The van der Waals surface area contributed by atoms with Crippen LogP contribution in [0.5, 0.6) is 5.75 Å². The van der Waals surface area contributed by atoms with Crippen LogP contribution >= 0.6 is 11.6 Å². The first-order chi connectivity index (χ1) is 18.8. The summed E-state index contributed by atoms with van der Waals surface area (Å²) in [6.45, 7) is 7.31. The number of aromatic nitrogens is 2. The first kappa shape index (κ1) is 29.1. The van der Waals surface area contributed by atoms with Gasteiger partial charge < -0.3 is 21.1 Å². The van der Waals surface area contributed by atoms with E-state index >= 15 is 0 Å². The molecule has 212 valence electrons. The molecule has 5 N–H and O–H groups in total. The van der Waals surface area contributed by atoms with Crippen LogP contribution in [0.2, 0.25) is 5.02 Å². The largest absolute Gasteiger partial charge is 0.495 e. The van der Waals surface area contributed by atoms with E-state index in [4.69, 9.17) is 22.1 Å². The fourth-order valence-electron chi connectivity index (χ4n) is 4.55. The molecule has 40 heavy (non-hydrogen) atoms. The number of halogens is 1.